The SMILES string of the molecule is c1ccc(-c2ccccc2N(c2ccc(-c3ccc4c(c3)c(-c3ccccc3)c(-c3ccccc3)c3ccccc34)cc2)c2cccc3c2c2ccccc2n3-c2cccc3ccccc23)cc1. The topological polar surface area (TPSA) is 8.17 Å². The lowest BCUT2D eigenvalue weighted by molar-refractivity contribution is 1.20. The molecule has 1 aromatic heterocycles. The molecule has 1 heterocycles. The number of rotatable bonds is 8. The molecule has 0 amide bonds. The number of para-hydroxylation sites is 2. The highest BCUT2D eigenvalue weighted by Gasteiger charge is 2.24. The molecule has 318 valence electrons. The Hall–Kier alpha value is -8.98. The van der Waals surface area contributed by atoms with Crippen LogP contribution in [0.25, 0.3) is 104 Å². The molecule has 0 saturated carbocycles. The fourth-order valence-electron chi connectivity index (χ4n) is 10.8. The molecule has 13 rings (SSSR count). The van der Waals surface area contributed by atoms with E-state index in [0.717, 1.165) is 33.7 Å². The van der Waals surface area contributed by atoms with Gasteiger partial charge in [0.05, 0.1) is 28.1 Å². The molecule has 0 aliphatic heterocycles. The molecule has 2 nitrogen and oxygen atoms in total. The van der Waals surface area contributed by atoms with Gasteiger partial charge in [-0.15, -0.1) is 0 Å². The van der Waals surface area contributed by atoms with Crippen LogP contribution >= 0.6 is 0 Å². The van der Waals surface area contributed by atoms with Crippen LogP contribution in [0.2, 0.25) is 0 Å². The van der Waals surface area contributed by atoms with Crippen molar-refractivity contribution < 1.29 is 0 Å². The van der Waals surface area contributed by atoms with E-state index in [4.69, 9.17) is 0 Å². The van der Waals surface area contributed by atoms with Crippen molar-refractivity contribution in [2.24, 2.45) is 0 Å². The van der Waals surface area contributed by atoms with Gasteiger partial charge in [0, 0.05) is 27.4 Å². The number of aromatic nitrogens is 1. The monoisotopic (exact) mass is 864 g/mol. The first kappa shape index (κ1) is 39.4. The molecular formula is C66H44N2. The molecule has 0 radical (unpaired) electrons. The van der Waals surface area contributed by atoms with Gasteiger partial charge in [-0.05, 0) is 114 Å². The number of hydrogen-bond acceptors (Lipinski definition) is 1. The number of nitrogens with zero attached hydrogens (tertiary/aromatic N) is 2. The third-order valence-corrected chi connectivity index (χ3v) is 13.8. The minimum atomic E-state index is 1.08. The normalized spacial score (nSPS) is 11.5. The zero-order chi connectivity index (χ0) is 45.0. The van der Waals surface area contributed by atoms with Crippen LogP contribution in [-0.4, -0.2) is 4.57 Å². The summed E-state index contributed by atoms with van der Waals surface area (Å²) in [5.41, 5.74) is 16.4. The van der Waals surface area contributed by atoms with Crippen molar-refractivity contribution in [3.05, 3.63) is 267 Å². The molecule has 0 aliphatic rings. The van der Waals surface area contributed by atoms with Crippen molar-refractivity contribution in [1.82, 2.24) is 4.57 Å². The molecule has 68 heavy (non-hydrogen) atoms. The Morgan fingerprint density at radius 2 is 0.794 bits per heavy atom. The molecule has 0 N–H and O–H groups in total. The average Bonchev–Trinajstić information content (AvgIpc) is 3.76. The van der Waals surface area contributed by atoms with E-state index in [9.17, 15) is 0 Å². The second kappa shape index (κ2) is 16.5. The fraction of sp³-hybridized carbons (Fsp3) is 0. The van der Waals surface area contributed by atoms with Crippen LogP contribution in [0.15, 0.2) is 267 Å². The summed E-state index contributed by atoms with van der Waals surface area (Å²) in [5, 5.41) is 9.85. The van der Waals surface area contributed by atoms with Gasteiger partial charge in [-0.2, -0.15) is 0 Å². The first-order valence-corrected chi connectivity index (χ1v) is 23.4. The zero-order valence-electron chi connectivity index (χ0n) is 37.3. The van der Waals surface area contributed by atoms with Gasteiger partial charge in [-0.25, -0.2) is 0 Å². The van der Waals surface area contributed by atoms with E-state index in [1.807, 2.05) is 0 Å². The van der Waals surface area contributed by atoms with Crippen LogP contribution in [0, 0.1) is 0 Å². The highest BCUT2D eigenvalue weighted by molar-refractivity contribution is 6.22. The molecule has 2 heteroatoms. The van der Waals surface area contributed by atoms with Gasteiger partial charge in [-0.1, -0.05) is 218 Å². The molecule has 13 aromatic rings. The van der Waals surface area contributed by atoms with Gasteiger partial charge in [0.2, 0.25) is 0 Å². The Labute approximate surface area is 395 Å². The first-order valence-electron chi connectivity index (χ1n) is 23.4. The summed E-state index contributed by atoms with van der Waals surface area (Å²) in [6.45, 7) is 0. The van der Waals surface area contributed by atoms with Gasteiger partial charge >= 0.3 is 0 Å². The number of anilines is 3. The largest absolute Gasteiger partial charge is 0.309 e. The Morgan fingerprint density at radius 1 is 0.279 bits per heavy atom. The molecule has 0 bridgehead atoms. The van der Waals surface area contributed by atoms with E-state index in [2.05, 4.69) is 276 Å². The minimum absolute atomic E-state index is 1.08. The van der Waals surface area contributed by atoms with Gasteiger partial charge in [0.15, 0.2) is 0 Å². The fourth-order valence-corrected chi connectivity index (χ4v) is 10.8. The Balaban J connectivity index is 1.03. The molecule has 0 spiro atoms. The van der Waals surface area contributed by atoms with Crippen LogP contribution in [0.5, 0.6) is 0 Å². The summed E-state index contributed by atoms with van der Waals surface area (Å²) in [4.78, 5) is 2.47. The van der Waals surface area contributed by atoms with Crippen LogP contribution in [0.4, 0.5) is 17.1 Å². The standard InChI is InChI=1S/C66H44N2/c1-4-20-46(21-5-1)52-29-14-16-33-59(52)67(62-36-19-37-63-66(62)57-32-15-17-34-61(57)68(63)60-35-18-27-47-22-10-11-28-53(47)60)51-41-38-45(39-42-51)50-40-43-55-54-30-12-13-31-56(54)64(48-23-6-2-7-24-48)65(58(55)44-50)49-25-8-3-9-26-49/h1-44H. The smallest absolute Gasteiger partial charge is 0.0562 e. The van der Waals surface area contributed by atoms with Crippen molar-refractivity contribution in [2.45, 2.75) is 0 Å². The van der Waals surface area contributed by atoms with Crippen LogP contribution < -0.4 is 4.90 Å². The zero-order valence-corrected chi connectivity index (χ0v) is 37.3. The van der Waals surface area contributed by atoms with Crippen molar-refractivity contribution >= 4 is 71.2 Å². The molecule has 0 saturated heterocycles. The van der Waals surface area contributed by atoms with E-state index in [-0.39, 0.29) is 0 Å². The number of hydrogen-bond donors (Lipinski definition) is 0. The average molecular weight is 865 g/mol. The van der Waals surface area contributed by atoms with E-state index in [0.29, 0.717) is 0 Å². The highest BCUT2D eigenvalue weighted by Crippen LogP contribution is 2.49. The highest BCUT2D eigenvalue weighted by atomic mass is 15.2. The maximum absolute atomic E-state index is 2.47. The maximum Gasteiger partial charge on any atom is 0.0562 e. The molecular weight excluding hydrogens is 821 g/mol. The van der Waals surface area contributed by atoms with Gasteiger partial charge in [-0.3, -0.25) is 0 Å². The summed E-state index contributed by atoms with van der Waals surface area (Å²) in [6, 6.07) is 97.5. The number of fused-ring (bicyclic) bond motifs is 7. The molecule has 12 aromatic carbocycles. The van der Waals surface area contributed by atoms with Crippen molar-refractivity contribution in [3.63, 3.8) is 0 Å². The maximum atomic E-state index is 2.47. The van der Waals surface area contributed by atoms with Crippen LogP contribution in [0.1, 0.15) is 0 Å². The summed E-state index contributed by atoms with van der Waals surface area (Å²) in [7, 11) is 0. The second-order valence-electron chi connectivity index (χ2n) is 17.6. The van der Waals surface area contributed by atoms with Crippen LogP contribution in [0.3, 0.4) is 0 Å². The van der Waals surface area contributed by atoms with Crippen molar-refractivity contribution in [3.8, 4) is 50.2 Å². The summed E-state index contributed by atoms with van der Waals surface area (Å²) < 4.78 is 2.46. The van der Waals surface area contributed by atoms with E-state index in [1.54, 1.807) is 0 Å². The predicted molar refractivity (Wildman–Crippen MR) is 290 cm³/mol. The third-order valence-electron chi connectivity index (χ3n) is 13.8. The van der Waals surface area contributed by atoms with E-state index < -0.39 is 0 Å². The molecule has 0 atom stereocenters. The van der Waals surface area contributed by atoms with E-state index in [1.165, 1.54) is 87.7 Å². The van der Waals surface area contributed by atoms with Gasteiger partial charge in [0.25, 0.3) is 0 Å². The Morgan fingerprint density at radius 3 is 1.54 bits per heavy atom. The van der Waals surface area contributed by atoms with E-state index >= 15 is 0 Å². The number of benzene rings is 12. The predicted octanol–water partition coefficient (Wildman–Crippen LogP) is 18.4. The lowest BCUT2D eigenvalue weighted by Crippen LogP contribution is -2.11. The second-order valence-corrected chi connectivity index (χ2v) is 17.6. The lowest BCUT2D eigenvalue weighted by Gasteiger charge is -2.29. The van der Waals surface area contributed by atoms with Crippen molar-refractivity contribution in [1.29, 1.82) is 0 Å². The quantitative estimate of drug-likeness (QED) is 0.138. The molecule has 0 aliphatic carbocycles. The molecule has 0 unspecified atom stereocenters. The van der Waals surface area contributed by atoms with Crippen LogP contribution in [-0.2, 0) is 0 Å². The Kier molecular flexibility index (Phi) is 9.54. The molecule has 0 fully saturated rings. The Bertz CT molecular complexity index is 4000. The summed E-state index contributed by atoms with van der Waals surface area (Å²) in [6.07, 6.45) is 0. The van der Waals surface area contributed by atoms with Gasteiger partial charge in [0.1, 0.15) is 0 Å². The summed E-state index contributed by atoms with van der Waals surface area (Å²) >= 11 is 0. The third kappa shape index (κ3) is 6.49. The minimum Gasteiger partial charge on any atom is -0.309 e. The summed E-state index contributed by atoms with van der Waals surface area (Å²) in [5.74, 6) is 0. The van der Waals surface area contributed by atoms with Gasteiger partial charge < -0.3 is 9.47 Å². The first-order chi connectivity index (χ1) is 33.8. The lowest BCUT2D eigenvalue weighted by atomic mass is 9.84. The van der Waals surface area contributed by atoms with Crippen molar-refractivity contribution in [2.75, 3.05) is 4.90 Å².